The van der Waals surface area contributed by atoms with Crippen molar-refractivity contribution >= 4 is 0 Å². The van der Waals surface area contributed by atoms with Crippen LogP contribution in [0.5, 0.6) is 0 Å². The topological polar surface area (TPSA) is 47.3 Å². The second kappa shape index (κ2) is 5.46. The molecular weight excluding hydrogens is 204 g/mol. The van der Waals surface area contributed by atoms with Gasteiger partial charge in [-0.2, -0.15) is 0 Å². The Balaban J connectivity index is 1.76. The summed E-state index contributed by atoms with van der Waals surface area (Å²) in [6.45, 7) is 3.66. The standard InChI is InChI=1S/C12H20N2O2/c1-9(8-15-2)5-11-6-14-12(16-11)7-13-10-3-4-10/h6,9-10,13H,3-5,7-8H2,1-2H3. The first kappa shape index (κ1) is 11.6. The largest absolute Gasteiger partial charge is 0.444 e. The lowest BCUT2D eigenvalue weighted by molar-refractivity contribution is 0.156. The fourth-order valence-electron chi connectivity index (χ4n) is 1.73. The van der Waals surface area contributed by atoms with Crippen molar-refractivity contribution in [3.8, 4) is 0 Å². The maximum Gasteiger partial charge on any atom is 0.208 e. The Kier molecular flexibility index (Phi) is 3.96. The van der Waals surface area contributed by atoms with Crippen LogP contribution in [0.2, 0.25) is 0 Å². The van der Waals surface area contributed by atoms with Crippen LogP contribution in [0.3, 0.4) is 0 Å². The molecule has 1 aromatic heterocycles. The van der Waals surface area contributed by atoms with Gasteiger partial charge in [-0.25, -0.2) is 4.98 Å². The van der Waals surface area contributed by atoms with Crippen molar-refractivity contribution in [1.29, 1.82) is 0 Å². The van der Waals surface area contributed by atoms with Crippen molar-refractivity contribution in [2.45, 2.75) is 38.8 Å². The van der Waals surface area contributed by atoms with Crippen LogP contribution in [0.1, 0.15) is 31.4 Å². The van der Waals surface area contributed by atoms with E-state index in [1.165, 1.54) is 12.8 Å². The molecule has 1 fully saturated rings. The summed E-state index contributed by atoms with van der Waals surface area (Å²) in [6, 6.07) is 0.697. The van der Waals surface area contributed by atoms with Gasteiger partial charge in [0.1, 0.15) is 5.76 Å². The van der Waals surface area contributed by atoms with Gasteiger partial charge in [-0.05, 0) is 18.8 Å². The van der Waals surface area contributed by atoms with Crippen LogP contribution in [0.25, 0.3) is 0 Å². The second-order valence-electron chi connectivity index (χ2n) is 4.64. The SMILES string of the molecule is COCC(C)Cc1cnc(CNC2CC2)o1. The Morgan fingerprint density at radius 3 is 3.12 bits per heavy atom. The normalized spacial score (nSPS) is 17.6. The number of hydrogen-bond donors (Lipinski definition) is 1. The zero-order chi connectivity index (χ0) is 11.4. The van der Waals surface area contributed by atoms with Gasteiger partial charge in [0, 0.05) is 26.2 Å². The third-order valence-electron chi connectivity index (χ3n) is 2.72. The minimum Gasteiger partial charge on any atom is -0.444 e. The number of ether oxygens (including phenoxy) is 1. The number of methoxy groups -OCH3 is 1. The maximum absolute atomic E-state index is 5.65. The van der Waals surface area contributed by atoms with E-state index in [4.69, 9.17) is 9.15 Å². The Hall–Kier alpha value is -0.870. The molecule has 1 aliphatic carbocycles. The average molecular weight is 224 g/mol. The number of aromatic nitrogens is 1. The molecule has 4 heteroatoms. The summed E-state index contributed by atoms with van der Waals surface area (Å²) in [5.41, 5.74) is 0. The molecule has 0 radical (unpaired) electrons. The van der Waals surface area contributed by atoms with Gasteiger partial charge in [0.25, 0.3) is 0 Å². The molecular formula is C12H20N2O2. The minimum atomic E-state index is 0.474. The van der Waals surface area contributed by atoms with Gasteiger partial charge in [0.15, 0.2) is 0 Å². The predicted octanol–water partition coefficient (Wildman–Crippen LogP) is 1.75. The highest BCUT2D eigenvalue weighted by molar-refractivity contribution is 4.96. The molecule has 1 saturated carbocycles. The van der Waals surface area contributed by atoms with E-state index in [2.05, 4.69) is 17.2 Å². The summed E-state index contributed by atoms with van der Waals surface area (Å²) in [5.74, 6) is 2.23. The Bertz CT molecular complexity index is 321. The van der Waals surface area contributed by atoms with E-state index < -0.39 is 0 Å². The molecule has 0 bridgehead atoms. The van der Waals surface area contributed by atoms with Crippen LogP contribution in [0.4, 0.5) is 0 Å². The molecule has 1 aliphatic rings. The lowest BCUT2D eigenvalue weighted by atomic mass is 10.1. The van der Waals surface area contributed by atoms with Gasteiger partial charge in [0.2, 0.25) is 5.89 Å². The highest BCUT2D eigenvalue weighted by Gasteiger charge is 2.20. The number of oxazole rings is 1. The highest BCUT2D eigenvalue weighted by atomic mass is 16.5. The zero-order valence-corrected chi connectivity index (χ0v) is 10.0. The summed E-state index contributed by atoms with van der Waals surface area (Å²) < 4.78 is 10.7. The quantitative estimate of drug-likeness (QED) is 0.766. The van der Waals surface area contributed by atoms with Gasteiger partial charge in [-0.3, -0.25) is 0 Å². The van der Waals surface area contributed by atoms with Crippen molar-refractivity contribution in [1.82, 2.24) is 10.3 Å². The van der Waals surface area contributed by atoms with Crippen LogP contribution < -0.4 is 5.32 Å². The molecule has 2 rings (SSSR count). The van der Waals surface area contributed by atoms with Crippen LogP contribution in [-0.4, -0.2) is 24.7 Å². The number of nitrogens with zero attached hydrogens (tertiary/aromatic N) is 1. The van der Waals surface area contributed by atoms with Gasteiger partial charge in [-0.1, -0.05) is 6.92 Å². The lowest BCUT2D eigenvalue weighted by Crippen LogP contribution is -2.15. The maximum atomic E-state index is 5.65. The van der Waals surface area contributed by atoms with Crippen molar-refractivity contribution in [3.05, 3.63) is 17.8 Å². The molecule has 0 saturated heterocycles. The van der Waals surface area contributed by atoms with E-state index >= 15 is 0 Å². The molecule has 0 aliphatic heterocycles. The van der Waals surface area contributed by atoms with E-state index in [9.17, 15) is 0 Å². The summed E-state index contributed by atoms with van der Waals surface area (Å²) in [5, 5.41) is 3.38. The fraction of sp³-hybridized carbons (Fsp3) is 0.750. The average Bonchev–Trinajstić information content (AvgIpc) is 2.98. The number of nitrogens with one attached hydrogen (secondary N) is 1. The van der Waals surface area contributed by atoms with E-state index in [1.54, 1.807) is 7.11 Å². The van der Waals surface area contributed by atoms with Crippen molar-refractivity contribution in [2.24, 2.45) is 5.92 Å². The van der Waals surface area contributed by atoms with Gasteiger partial charge in [-0.15, -0.1) is 0 Å². The molecule has 1 N–H and O–H groups in total. The number of hydrogen-bond acceptors (Lipinski definition) is 4. The summed E-state index contributed by atoms with van der Waals surface area (Å²) in [4.78, 5) is 4.26. The van der Waals surface area contributed by atoms with Crippen LogP contribution in [-0.2, 0) is 17.7 Å². The van der Waals surface area contributed by atoms with E-state index in [-0.39, 0.29) is 0 Å². The first-order chi connectivity index (χ1) is 7.78. The van der Waals surface area contributed by atoms with E-state index in [0.717, 1.165) is 31.2 Å². The van der Waals surface area contributed by atoms with E-state index in [1.807, 2.05) is 6.20 Å². The molecule has 0 spiro atoms. The molecule has 1 heterocycles. The predicted molar refractivity (Wildman–Crippen MR) is 61.1 cm³/mol. The van der Waals surface area contributed by atoms with Gasteiger partial charge in [0.05, 0.1) is 12.7 Å². The zero-order valence-electron chi connectivity index (χ0n) is 10.0. The minimum absolute atomic E-state index is 0.474. The molecule has 0 aromatic carbocycles. The fourth-order valence-corrected chi connectivity index (χ4v) is 1.73. The third-order valence-corrected chi connectivity index (χ3v) is 2.72. The summed E-state index contributed by atoms with van der Waals surface area (Å²) in [6.07, 6.45) is 5.30. The van der Waals surface area contributed by atoms with Crippen LogP contribution in [0, 0.1) is 5.92 Å². The molecule has 1 unspecified atom stereocenters. The Morgan fingerprint density at radius 1 is 1.62 bits per heavy atom. The Morgan fingerprint density at radius 2 is 2.44 bits per heavy atom. The molecule has 1 aromatic rings. The lowest BCUT2D eigenvalue weighted by Gasteiger charge is -2.06. The van der Waals surface area contributed by atoms with E-state index in [0.29, 0.717) is 12.0 Å². The molecule has 0 amide bonds. The highest BCUT2D eigenvalue weighted by Crippen LogP contribution is 2.19. The molecule has 4 nitrogen and oxygen atoms in total. The number of rotatable bonds is 7. The van der Waals surface area contributed by atoms with Crippen LogP contribution in [0.15, 0.2) is 10.6 Å². The second-order valence-corrected chi connectivity index (χ2v) is 4.64. The first-order valence-corrected chi connectivity index (χ1v) is 5.94. The van der Waals surface area contributed by atoms with Crippen molar-refractivity contribution in [2.75, 3.05) is 13.7 Å². The first-order valence-electron chi connectivity index (χ1n) is 5.94. The van der Waals surface area contributed by atoms with Crippen LogP contribution >= 0.6 is 0 Å². The van der Waals surface area contributed by atoms with Gasteiger partial charge >= 0.3 is 0 Å². The van der Waals surface area contributed by atoms with Gasteiger partial charge < -0.3 is 14.5 Å². The molecule has 16 heavy (non-hydrogen) atoms. The monoisotopic (exact) mass is 224 g/mol. The third kappa shape index (κ3) is 3.61. The molecule has 90 valence electrons. The molecule has 1 atom stereocenters. The summed E-state index contributed by atoms with van der Waals surface area (Å²) >= 11 is 0. The Labute approximate surface area is 96.4 Å². The van der Waals surface area contributed by atoms with Crippen molar-refractivity contribution in [3.63, 3.8) is 0 Å². The smallest absolute Gasteiger partial charge is 0.208 e. The summed E-state index contributed by atoms with van der Waals surface area (Å²) in [7, 11) is 1.72. The van der Waals surface area contributed by atoms with Crippen molar-refractivity contribution < 1.29 is 9.15 Å².